The number of halogens is 3. The molecule has 1 aliphatic rings. The van der Waals surface area contributed by atoms with Crippen molar-refractivity contribution < 1.29 is 8.42 Å². The highest BCUT2D eigenvalue weighted by molar-refractivity contribution is 7.89. The van der Waals surface area contributed by atoms with Crippen LogP contribution in [-0.4, -0.2) is 38.9 Å². The minimum atomic E-state index is -3.53. The smallest absolute Gasteiger partial charge is 0.245 e. The molecule has 110 valence electrons. The summed E-state index contributed by atoms with van der Waals surface area (Å²) >= 11 is 12.8. The highest BCUT2D eigenvalue weighted by atomic mass is 35.5. The first-order valence-corrected chi connectivity index (χ1v) is 8.59. The molecule has 4 nitrogen and oxygen atoms in total. The molecule has 1 unspecified atom stereocenters. The van der Waals surface area contributed by atoms with Crippen molar-refractivity contribution in [3.63, 3.8) is 0 Å². The van der Waals surface area contributed by atoms with Crippen molar-refractivity contribution in [3.8, 4) is 0 Å². The maximum atomic E-state index is 12.5. The van der Waals surface area contributed by atoms with Crippen molar-refractivity contribution in [1.82, 2.24) is 9.62 Å². The van der Waals surface area contributed by atoms with E-state index in [1.807, 2.05) is 7.05 Å². The van der Waals surface area contributed by atoms with Gasteiger partial charge in [0.05, 0.1) is 4.34 Å². The highest BCUT2D eigenvalue weighted by Gasteiger charge is 2.36. The molecule has 1 saturated heterocycles. The van der Waals surface area contributed by atoms with Crippen LogP contribution in [-0.2, 0) is 10.0 Å². The van der Waals surface area contributed by atoms with Crippen LogP contribution in [0.5, 0.6) is 0 Å². The second kappa shape index (κ2) is 6.93. The van der Waals surface area contributed by atoms with E-state index in [-0.39, 0.29) is 27.7 Å². The summed E-state index contributed by atoms with van der Waals surface area (Å²) in [6.45, 7) is 1.19. The summed E-state index contributed by atoms with van der Waals surface area (Å²) in [5.74, 6) is 0. The van der Waals surface area contributed by atoms with Crippen LogP contribution >= 0.6 is 46.9 Å². The van der Waals surface area contributed by atoms with Gasteiger partial charge in [-0.05, 0) is 26.0 Å². The first-order valence-electron chi connectivity index (χ1n) is 5.58. The molecule has 1 aromatic heterocycles. The second-order valence-corrected chi connectivity index (χ2v) is 8.30. The topological polar surface area (TPSA) is 49.4 Å². The van der Waals surface area contributed by atoms with Crippen LogP contribution in [0.15, 0.2) is 11.0 Å². The Kier molecular flexibility index (Phi) is 6.38. The Morgan fingerprint density at radius 3 is 2.74 bits per heavy atom. The molecule has 9 heteroatoms. The lowest BCUT2D eigenvalue weighted by molar-refractivity contribution is 0.379. The summed E-state index contributed by atoms with van der Waals surface area (Å²) in [5, 5.41) is 3.02. The minimum absolute atomic E-state index is 0. The average Bonchev–Trinajstić information content (AvgIpc) is 2.86. The fourth-order valence-corrected chi connectivity index (χ4v) is 6.00. The summed E-state index contributed by atoms with van der Waals surface area (Å²) in [4.78, 5) is 0.127. The summed E-state index contributed by atoms with van der Waals surface area (Å²) in [6.07, 6.45) is 1.75. The van der Waals surface area contributed by atoms with E-state index in [1.54, 1.807) is 0 Å². The number of hydrogen-bond acceptors (Lipinski definition) is 4. The van der Waals surface area contributed by atoms with Gasteiger partial charge in [0.25, 0.3) is 0 Å². The number of nitrogens with one attached hydrogen (secondary N) is 1. The van der Waals surface area contributed by atoms with Crippen molar-refractivity contribution >= 4 is 57.0 Å². The molecule has 1 atom stereocenters. The number of likely N-dealkylation sites (N-methyl/N-ethyl adjacent to an activating group) is 1. The van der Waals surface area contributed by atoms with Gasteiger partial charge < -0.3 is 5.32 Å². The molecule has 1 aromatic rings. The minimum Gasteiger partial charge on any atom is -0.318 e. The molecule has 1 N–H and O–H groups in total. The van der Waals surface area contributed by atoms with Gasteiger partial charge in [-0.1, -0.05) is 23.2 Å². The summed E-state index contributed by atoms with van der Waals surface area (Å²) in [7, 11) is -1.72. The number of rotatable bonds is 4. The Morgan fingerprint density at radius 2 is 2.21 bits per heavy atom. The first kappa shape index (κ1) is 17.5. The normalized spacial score (nSPS) is 20.5. The fraction of sp³-hybridized carbons (Fsp3) is 0.600. The molecule has 0 spiro atoms. The molecule has 19 heavy (non-hydrogen) atoms. The molecular formula is C10H15Cl3N2O2S2. The standard InChI is InChI=1S/C10H14Cl2N2O2S2.ClH/c1-13-6-7-3-2-4-14(7)18(15,16)8-5-9(11)17-10(8)12;/h5,7,13H,2-4,6H2,1H3;1H. The van der Waals surface area contributed by atoms with E-state index in [9.17, 15) is 8.42 Å². The van der Waals surface area contributed by atoms with Crippen LogP contribution in [0.1, 0.15) is 12.8 Å². The van der Waals surface area contributed by atoms with Crippen LogP contribution in [0.25, 0.3) is 0 Å². The largest absolute Gasteiger partial charge is 0.318 e. The summed E-state index contributed by atoms with van der Waals surface area (Å²) in [5.41, 5.74) is 0. The SMILES string of the molecule is CNCC1CCCN1S(=O)(=O)c1cc(Cl)sc1Cl.Cl. The lowest BCUT2D eigenvalue weighted by atomic mass is 10.2. The van der Waals surface area contributed by atoms with Gasteiger partial charge in [-0.2, -0.15) is 4.31 Å². The molecular weight excluding hydrogens is 351 g/mol. The number of hydrogen-bond donors (Lipinski definition) is 1. The fourth-order valence-electron chi connectivity index (χ4n) is 2.19. The predicted molar refractivity (Wildman–Crippen MR) is 82.4 cm³/mol. The molecule has 0 amide bonds. The van der Waals surface area contributed by atoms with E-state index in [2.05, 4.69) is 5.32 Å². The van der Waals surface area contributed by atoms with Gasteiger partial charge in [-0.25, -0.2) is 8.42 Å². The van der Waals surface area contributed by atoms with Crippen molar-refractivity contribution in [1.29, 1.82) is 0 Å². The first-order chi connectivity index (χ1) is 8.46. The Morgan fingerprint density at radius 1 is 1.53 bits per heavy atom. The molecule has 0 bridgehead atoms. The molecule has 0 saturated carbocycles. The lowest BCUT2D eigenvalue weighted by Crippen LogP contribution is -2.40. The maximum Gasteiger partial charge on any atom is 0.245 e. The summed E-state index contributed by atoms with van der Waals surface area (Å²) < 4.78 is 27.2. The van der Waals surface area contributed by atoms with Gasteiger partial charge in [0.15, 0.2) is 0 Å². The molecule has 0 aromatic carbocycles. The number of thiophene rings is 1. The van der Waals surface area contributed by atoms with E-state index in [0.29, 0.717) is 17.4 Å². The Labute approximate surface area is 133 Å². The third-order valence-corrected chi connectivity index (χ3v) is 6.68. The van der Waals surface area contributed by atoms with Crippen molar-refractivity contribution in [2.75, 3.05) is 20.1 Å². The summed E-state index contributed by atoms with van der Waals surface area (Å²) in [6, 6.07) is 1.42. The van der Waals surface area contributed by atoms with E-state index >= 15 is 0 Å². The second-order valence-electron chi connectivity index (χ2n) is 4.16. The zero-order valence-electron chi connectivity index (χ0n) is 10.2. The van der Waals surface area contributed by atoms with Gasteiger partial charge in [-0.15, -0.1) is 23.7 Å². The van der Waals surface area contributed by atoms with E-state index in [1.165, 1.54) is 10.4 Å². The highest BCUT2D eigenvalue weighted by Crippen LogP contribution is 2.37. The van der Waals surface area contributed by atoms with Crippen molar-refractivity contribution in [2.45, 2.75) is 23.8 Å². The zero-order valence-corrected chi connectivity index (χ0v) is 14.2. The van der Waals surface area contributed by atoms with E-state index in [4.69, 9.17) is 23.2 Å². The molecule has 0 radical (unpaired) electrons. The van der Waals surface area contributed by atoms with Crippen LogP contribution in [0.3, 0.4) is 0 Å². The van der Waals surface area contributed by atoms with Crippen molar-refractivity contribution in [2.24, 2.45) is 0 Å². The zero-order chi connectivity index (χ0) is 13.3. The quantitative estimate of drug-likeness (QED) is 0.892. The van der Waals surface area contributed by atoms with Crippen LogP contribution < -0.4 is 5.32 Å². The Hall–Kier alpha value is 0.440. The Bertz CT molecular complexity index is 533. The van der Waals surface area contributed by atoms with Gasteiger partial charge >= 0.3 is 0 Å². The van der Waals surface area contributed by atoms with Crippen LogP contribution in [0.2, 0.25) is 8.67 Å². The monoisotopic (exact) mass is 364 g/mol. The van der Waals surface area contributed by atoms with Gasteiger partial charge in [-0.3, -0.25) is 0 Å². The number of nitrogens with zero attached hydrogens (tertiary/aromatic N) is 1. The maximum absolute atomic E-state index is 12.5. The predicted octanol–water partition coefficient (Wildman–Crippen LogP) is 2.85. The van der Waals surface area contributed by atoms with Crippen LogP contribution in [0, 0.1) is 0 Å². The van der Waals surface area contributed by atoms with Crippen molar-refractivity contribution in [3.05, 3.63) is 14.7 Å². The van der Waals surface area contributed by atoms with Gasteiger partial charge in [0, 0.05) is 19.1 Å². The molecule has 0 aliphatic carbocycles. The Balaban J connectivity index is 0.00000180. The number of sulfonamides is 1. The molecule has 1 fully saturated rings. The molecule has 2 rings (SSSR count). The van der Waals surface area contributed by atoms with Gasteiger partial charge in [0.2, 0.25) is 10.0 Å². The van der Waals surface area contributed by atoms with Gasteiger partial charge in [0.1, 0.15) is 9.23 Å². The lowest BCUT2D eigenvalue weighted by Gasteiger charge is -2.23. The molecule has 1 aliphatic heterocycles. The van der Waals surface area contributed by atoms with E-state index in [0.717, 1.165) is 24.2 Å². The average molecular weight is 366 g/mol. The van der Waals surface area contributed by atoms with Crippen LogP contribution in [0.4, 0.5) is 0 Å². The third kappa shape index (κ3) is 3.56. The molecule has 2 heterocycles. The third-order valence-electron chi connectivity index (χ3n) is 2.97. The van der Waals surface area contributed by atoms with E-state index < -0.39 is 10.0 Å².